The zero-order valence-electron chi connectivity index (χ0n) is 9.90. The molecule has 0 saturated heterocycles. The summed E-state index contributed by atoms with van der Waals surface area (Å²) in [6.07, 6.45) is 2.60. The molecule has 0 saturated carbocycles. The van der Waals surface area contributed by atoms with E-state index in [2.05, 4.69) is 11.1 Å². The third-order valence-electron chi connectivity index (χ3n) is 2.65. The second-order valence-electron chi connectivity index (χ2n) is 4.19. The minimum absolute atomic E-state index is 0.0265. The highest BCUT2D eigenvalue weighted by Crippen LogP contribution is 2.25. The van der Waals surface area contributed by atoms with Gasteiger partial charge in [-0.3, -0.25) is 0 Å². The zero-order chi connectivity index (χ0) is 12.4. The first-order valence-electron chi connectivity index (χ1n) is 5.49. The molecule has 0 aliphatic rings. The van der Waals surface area contributed by atoms with Crippen LogP contribution in [0.1, 0.15) is 27.1 Å². The number of nitrogens with two attached hydrogens (primary N) is 1. The van der Waals surface area contributed by atoms with Crippen molar-refractivity contribution in [2.75, 3.05) is 0 Å². The first-order chi connectivity index (χ1) is 8.06. The lowest BCUT2D eigenvalue weighted by atomic mass is 10.0. The highest BCUT2D eigenvalue weighted by atomic mass is 35.5. The zero-order valence-corrected chi connectivity index (χ0v) is 11.5. The van der Waals surface area contributed by atoms with Crippen molar-refractivity contribution < 1.29 is 0 Å². The average molecular weight is 267 g/mol. The fourth-order valence-corrected chi connectivity index (χ4v) is 2.80. The van der Waals surface area contributed by atoms with Crippen molar-refractivity contribution in [1.82, 2.24) is 4.98 Å². The van der Waals surface area contributed by atoms with Crippen LogP contribution in [0.4, 0.5) is 0 Å². The Labute approximate surface area is 110 Å². The van der Waals surface area contributed by atoms with Gasteiger partial charge in [0.15, 0.2) is 0 Å². The molecule has 17 heavy (non-hydrogen) atoms. The fourth-order valence-electron chi connectivity index (χ4n) is 1.70. The number of benzene rings is 1. The Kier molecular flexibility index (Phi) is 3.82. The second-order valence-corrected chi connectivity index (χ2v) is 5.86. The van der Waals surface area contributed by atoms with Gasteiger partial charge in [0.05, 0.1) is 5.01 Å². The van der Waals surface area contributed by atoms with Crippen molar-refractivity contribution >= 4 is 22.9 Å². The van der Waals surface area contributed by atoms with Gasteiger partial charge in [-0.05, 0) is 37.5 Å². The predicted octanol–water partition coefficient (Wildman–Crippen LogP) is 3.66. The maximum Gasteiger partial charge on any atom is 0.0897 e. The number of hydrogen-bond acceptors (Lipinski definition) is 3. The molecule has 1 atom stereocenters. The Morgan fingerprint density at radius 2 is 2.18 bits per heavy atom. The molecule has 0 aliphatic carbocycles. The maximum atomic E-state index is 6.20. The summed E-state index contributed by atoms with van der Waals surface area (Å²) in [5, 5.41) is 1.84. The summed E-state index contributed by atoms with van der Waals surface area (Å²) in [6.45, 7) is 4.02. The van der Waals surface area contributed by atoms with Crippen molar-refractivity contribution in [2.45, 2.75) is 26.3 Å². The molecule has 0 spiro atoms. The lowest BCUT2D eigenvalue weighted by Crippen LogP contribution is -2.12. The highest BCUT2D eigenvalue weighted by Gasteiger charge is 2.12. The Morgan fingerprint density at radius 3 is 2.76 bits per heavy atom. The Bertz CT molecular complexity index is 522. The van der Waals surface area contributed by atoms with E-state index in [0.29, 0.717) is 0 Å². The SMILES string of the molecule is Cc1ccc(CC(N)c2cnc(C)s2)c(Cl)c1. The topological polar surface area (TPSA) is 38.9 Å². The molecule has 0 amide bonds. The molecule has 1 unspecified atom stereocenters. The van der Waals surface area contributed by atoms with Crippen molar-refractivity contribution in [1.29, 1.82) is 0 Å². The smallest absolute Gasteiger partial charge is 0.0897 e. The number of thiazole rings is 1. The van der Waals surface area contributed by atoms with E-state index >= 15 is 0 Å². The Balaban J connectivity index is 2.15. The van der Waals surface area contributed by atoms with Crippen LogP contribution in [-0.2, 0) is 6.42 Å². The van der Waals surface area contributed by atoms with Crippen molar-refractivity contribution in [3.05, 3.63) is 50.4 Å². The molecule has 0 bridgehead atoms. The van der Waals surface area contributed by atoms with Crippen LogP contribution in [-0.4, -0.2) is 4.98 Å². The minimum Gasteiger partial charge on any atom is -0.323 e. The number of aryl methyl sites for hydroxylation is 2. The van der Waals surface area contributed by atoms with Crippen LogP contribution in [0.3, 0.4) is 0 Å². The molecular formula is C13H15ClN2S. The van der Waals surface area contributed by atoms with Crippen LogP contribution < -0.4 is 5.73 Å². The number of halogens is 1. The third-order valence-corrected chi connectivity index (χ3v) is 4.05. The van der Waals surface area contributed by atoms with Gasteiger partial charge in [0.25, 0.3) is 0 Å². The van der Waals surface area contributed by atoms with E-state index in [1.165, 1.54) is 5.56 Å². The van der Waals surface area contributed by atoms with Crippen LogP contribution in [0.2, 0.25) is 5.02 Å². The number of hydrogen-bond donors (Lipinski definition) is 1. The van der Waals surface area contributed by atoms with Crippen LogP contribution in [0.15, 0.2) is 24.4 Å². The summed E-state index contributed by atoms with van der Waals surface area (Å²) in [5.74, 6) is 0. The molecule has 2 rings (SSSR count). The molecule has 1 aromatic heterocycles. The summed E-state index contributed by atoms with van der Waals surface area (Å²) in [7, 11) is 0. The molecule has 90 valence electrons. The number of rotatable bonds is 3. The molecule has 1 heterocycles. The molecule has 0 fully saturated rings. The molecule has 2 N–H and O–H groups in total. The van der Waals surface area contributed by atoms with Gasteiger partial charge >= 0.3 is 0 Å². The third kappa shape index (κ3) is 3.06. The molecule has 2 nitrogen and oxygen atoms in total. The van der Waals surface area contributed by atoms with Gasteiger partial charge < -0.3 is 5.73 Å². The van der Waals surface area contributed by atoms with Gasteiger partial charge in [0.1, 0.15) is 0 Å². The van der Waals surface area contributed by atoms with Crippen LogP contribution in [0, 0.1) is 13.8 Å². The first-order valence-corrected chi connectivity index (χ1v) is 6.68. The van der Waals surface area contributed by atoms with Gasteiger partial charge in [-0.2, -0.15) is 0 Å². The second kappa shape index (κ2) is 5.17. The summed E-state index contributed by atoms with van der Waals surface area (Å²) in [6, 6.07) is 6.06. The summed E-state index contributed by atoms with van der Waals surface area (Å²) in [4.78, 5) is 5.33. The predicted molar refractivity (Wildman–Crippen MR) is 73.7 cm³/mol. The summed E-state index contributed by atoms with van der Waals surface area (Å²) in [5.41, 5.74) is 8.42. The van der Waals surface area contributed by atoms with Crippen molar-refractivity contribution in [3.8, 4) is 0 Å². The molecule has 0 aliphatic heterocycles. The largest absolute Gasteiger partial charge is 0.323 e. The van der Waals surface area contributed by atoms with Gasteiger partial charge in [0.2, 0.25) is 0 Å². The molecular weight excluding hydrogens is 252 g/mol. The van der Waals surface area contributed by atoms with E-state index in [1.807, 2.05) is 32.2 Å². The van der Waals surface area contributed by atoms with Crippen molar-refractivity contribution in [3.63, 3.8) is 0 Å². The van der Waals surface area contributed by atoms with Gasteiger partial charge in [0, 0.05) is 22.1 Å². The van der Waals surface area contributed by atoms with Crippen LogP contribution >= 0.6 is 22.9 Å². The Hall–Kier alpha value is -0.900. The molecule has 4 heteroatoms. The summed E-state index contributed by atoms with van der Waals surface area (Å²) < 4.78 is 0. The standard InChI is InChI=1S/C13H15ClN2S/c1-8-3-4-10(11(14)5-8)6-12(15)13-7-16-9(2)17-13/h3-5,7,12H,6,15H2,1-2H3. The molecule has 1 aromatic carbocycles. The summed E-state index contributed by atoms with van der Waals surface area (Å²) >= 11 is 7.84. The average Bonchev–Trinajstić information content (AvgIpc) is 2.69. The van der Waals surface area contributed by atoms with Crippen LogP contribution in [0.25, 0.3) is 0 Å². The Morgan fingerprint density at radius 1 is 1.41 bits per heavy atom. The van der Waals surface area contributed by atoms with Gasteiger partial charge in [-0.25, -0.2) is 4.98 Å². The molecule has 0 radical (unpaired) electrons. The van der Waals surface area contributed by atoms with E-state index in [9.17, 15) is 0 Å². The lowest BCUT2D eigenvalue weighted by Gasteiger charge is -2.11. The quantitative estimate of drug-likeness (QED) is 0.921. The number of nitrogens with zero attached hydrogens (tertiary/aromatic N) is 1. The maximum absolute atomic E-state index is 6.20. The van der Waals surface area contributed by atoms with Gasteiger partial charge in [-0.15, -0.1) is 11.3 Å². The highest BCUT2D eigenvalue weighted by molar-refractivity contribution is 7.11. The van der Waals surface area contributed by atoms with E-state index in [0.717, 1.165) is 26.9 Å². The van der Waals surface area contributed by atoms with E-state index in [-0.39, 0.29) is 6.04 Å². The lowest BCUT2D eigenvalue weighted by molar-refractivity contribution is 0.734. The number of aromatic nitrogens is 1. The first kappa shape index (κ1) is 12.6. The van der Waals surface area contributed by atoms with E-state index in [1.54, 1.807) is 11.3 Å². The fraction of sp³-hybridized carbons (Fsp3) is 0.308. The van der Waals surface area contributed by atoms with Gasteiger partial charge in [-0.1, -0.05) is 23.7 Å². The van der Waals surface area contributed by atoms with Crippen LogP contribution in [0.5, 0.6) is 0 Å². The van der Waals surface area contributed by atoms with E-state index in [4.69, 9.17) is 17.3 Å². The molecule has 2 aromatic rings. The minimum atomic E-state index is -0.0265. The van der Waals surface area contributed by atoms with E-state index < -0.39 is 0 Å². The van der Waals surface area contributed by atoms with Crippen molar-refractivity contribution in [2.24, 2.45) is 5.73 Å². The monoisotopic (exact) mass is 266 g/mol. The normalized spacial score (nSPS) is 12.7.